The lowest BCUT2D eigenvalue weighted by Crippen LogP contribution is -2.04. The van der Waals surface area contributed by atoms with Gasteiger partial charge in [0.25, 0.3) is 0 Å². The first-order chi connectivity index (χ1) is 7.19. The van der Waals surface area contributed by atoms with E-state index in [-0.39, 0.29) is 17.2 Å². The van der Waals surface area contributed by atoms with Crippen molar-refractivity contribution in [2.24, 2.45) is 5.34 Å². The third-order valence-corrected chi connectivity index (χ3v) is 1.54. The quantitative estimate of drug-likeness (QED) is 0.328. The van der Waals surface area contributed by atoms with E-state index in [1.54, 1.807) is 12.1 Å². The van der Waals surface area contributed by atoms with Crippen molar-refractivity contribution in [3.8, 4) is 17.2 Å². The lowest BCUT2D eigenvalue weighted by molar-refractivity contribution is -0.132. The highest BCUT2D eigenvalue weighted by molar-refractivity contribution is 5.72. The highest BCUT2D eigenvalue weighted by Gasteiger charge is 2.14. The Morgan fingerprint density at radius 3 is 2.53 bits per heavy atom. The van der Waals surface area contributed by atoms with E-state index in [9.17, 15) is 9.70 Å². The van der Waals surface area contributed by atoms with E-state index in [0.29, 0.717) is 0 Å². The van der Waals surface area contributed by atoms with E-state index in [4.69, 9.17) is 9.47 Å². The van der Waals surface area contributed by atoms with E-state index < -0.39 is 5.97 Å². The molecule has 0 N–H and O–H groups in total. The van der Waals surface area contributed by atoms with Gasteiger partial charge in [-0.25, -0.2) is 0 Å². The summed E-state index contributed by atoms with van der Waals surface area (Å²) < 4.78 is 9.76. The van der Waals surface area contributed by atoms with Gasteiger partial charge in [0.1, 0.15) is 0 Å². The predicted molar refractivity (Wildman–Crippen MR) is 50.7 cm³/mol. The van der Waals surface area contributed by atoms with Gasteiger partial charge in [-0.15, -0.1) is 4.91 Å². The molecule has 1 rings (SSSR count). The van der Waals surface area contributed by atoms with Crippen molar-refractivity contribution in [1.29, 1.82) is 0 Å². The first-order valence-electron chi connectivity index (χ1n) is 4.04. The number of carbonyl (C=O) groups excluding carboxylic acids is 1. The largest absolute Gasteiger partial charge is 0.493 e. The Labute approximate surface area is 85.7 Å². The number of para-hydroxylation sites is 1. The molecule has 0 saturated carbocycles. The van der Waals surface area contributed by atoms with Gasteiger partial charge < -0.3 is 14.3 Å². The third kappa shape index (κ3) is 2.67. The van der Waals surface area contributed by atoms with Crippen LogP contribution in [0.25, 0.3) is 0 Å². The van der Waals surface area contributed by atoms with Gasteiger partial charge in [0.2, 0.25) is 11.5 Å². The molecule has 0 amide bonds. The van der Waals surface area contributed by atoms with Crippen molar-refractivity contribution >= 4 is 5.97 Å². The summed E-state index contributed by atoms with van der Waals surface area (Å²) in [6, 6.07) is 4.57. The normalized spacial score (nSPS) is 9.20. The molecule has 1 aromatic rings. The number of nitrogens with zero attached hydrogens (tertiary/aromatic N) is 1. The summed E-state index contributed by atoms with van der Waals surface area (Å²) in [6.45, 7) is 1.23. The number of ether oxygens (including phenoxy) is 2. The summed E-state index contributed by atoms with van der Waals surface area (Å²) in [4.78, 5) is 25.1. The molecule has 0 aliphatic heterocycles. The van der Waals surface area contributed by atoms with Gasteiger partial charge in [0.15, 0.2) is 11.1 Å². The molecule has 0 spiro atoms. The van der Waals surface area contributed by atoms with E-state index in [1.165, 1.54) is 20.1 Å². The molecular weight excluding hydrogens is 202 g/mol. The minimum absolute atomic E-state index is 0.0274. The standard InChI is InChI=1S/C9H9NO5/c1-6(11)14-9-7(13-2)4-3-5-8(9)15-10-12/h3-5H,1-2H3. The first-order valence-corrected chi connectivity index (χ1v) is 4.04. The summed E-state index contributed by atoms with van der Waals surface area (Å²) in [5.74, 6) is -0.201. The molecule has 80 valence electrons. The van der Waals surface area contributed by atoms with Gasteiger partial charge in [0.05, 0.1) is 7.11 Å². The maximum atomic E-state index is 10.8. The summed E-state index contributed by atoms with van der Waals surface area (Å²) in [6.07, 6.45) is 0. The Kier molecular flexibility index (Phi) is 3.61. The fourth-order valence-electron chi connectivity index (χ4n) is 1.01. The van der Waals surface area contributed by atoms with Crippen molar-refractivity contribution in [3.63, 3.8) is 0 Å². The average Bonchev–Trinajstić information content (AvgIpc) is 2.20. The Morgan fingerprint density at radius 2 is 2.00 bits per heavy atom. The van der Waals surface area contributed by atoms with Crippen LogP contribution < -0.4 is 14.3 Å². The summed E-state index contributed by atoms with van der Waals surface area (Å²) in [5.41, 5.74) is 0. The number of benzene rings is 1. The topological polar surface area (TPSA) is 74.2 Å². The molecular formula is C9H9NO5. The van der Waals surface area contributed by atoms with Gasteiger partial charge in [-0.3, -0.25) is 4.79 Å². The fourth-order valence-corrected chi connectivity index (χ4v) is 1.01. The number of rotatable bonds is 4. The summed E-state index contributed by atoms with van der Waals surface area (Å²) in [5, 5.41) is 2.25. The van der Waals surface area contributed by atoms with Gasteiger partial charge in [-0.1, -0.05) is 6.07 Å². The van der Waals surface area contributed by atoms with Crippen LogP contribution in [0, 0.1) is 4.91 Å². The van der Waals surface area contributed by atoms with Crippen LogP contribution >= 0.6 is 0 Å². The minimum Gasteiger partial charge on any atom is -0.493 e. The highest BCUT2D eigenvalue weighted by Crippen LogP contribution is 2.37. The summed E-state index contributed by atoms with van der Waals surface area (Å²) >= 11 is 0. The lowest BCUT2D eigenvalue weighted by Gasteiger charge is -2.09. The molecule has 0 unspecified atom stereocenters. The van der Waals surface area contributed by atoms with Crippen LogP contribution in [0.15, 0.2) is 23.5 Å². The van der Waals surface area contributed by atoms with Crippen molar-refractivity contribution < 1.29 is 19.1 Å². The second-order valence-electron chi connectivity index (χ2n) is 2.55. The van der Waals surface area contributed by atoms with Crippen molar-refractivity contribution in [3.05, 3.63) is 23.1 Å². The number of hydrogen-bond donors (Lipinski definition) is 0. The molecule has 15 heavy (non-hydrogen) atoms. The number of hydrogen-bond acceptors (Lipinski definition) is 6. The monoisotopic (exact) mass is 211 g/mol. The van der Waals surface area contributed by atoms with Crippen molar-refractivity contribution in [2.75, 3.05) is 7.11 Å². The second-order valence-corrected chi connectivity index (χ2v) is 2.55. The average molecular weight is 211 g/mol. The van der Waals surface area contributed by atoms with Crippen LogP contribution in [-0.2, 0) is 4.79 Å². The molecule has 0 aromatic heterocycles. The highest BCUT2D eigenvalue weighted by atomic mass is 16.7. The number of carbonyl (C=O) groups is 1. The summed E-state index contributed by atoms with van der Waals surface area (Å²) in [7, 11) is 1.40. The molecule has 0 aliphatic carbocycles. The number of methoxy groups -OCH3 is 1. The predicted octanol–water partition coefficient (Wildman–Crippen LogP) is 1.68. The van der Waals surface area contributed by atoms with Gasteiger partial charge in [0, 0.05) is 6.92 Å². The fraction of sp³-hybridized carbons (Fsp3) is 0.222. The molecule has 1 aromatic carbocycles. The molecule has 0 heterocycles. The number of esters is 1. The van der Waals surface area contributed by atoms with Crippen LogP contribution in [0.3, 0.4) is 0 Å². The van der Waals surface area contributed by atoms with Crippen LogP contribution in [-0.4, -0.2) is 13.1 Å². The van der Waals surface area contributed by atoms with Crippen LogP contribution in [0.5, 0.6) is 17.2 Å². The van der Waals surface area contributed by atoms with Crippen LogP contribution in [0.1, 0.15) is 6.92 Å². The van der Waals surface area contributed by atoms with E-state index in [0.717, 1.165) is 0 Å². The maximum absolute atomic E-state index is 10.8. The maximum Gasteiger partial charge on any atom is 0.308 e. The zero-order valence-corrected chi connectivity index (χ0v) is 8.22. The Bertz CT molecular complexity index is 377. The molecule has 0 radical (unpaired) electrons. The zero-order chi connectivity index (χ0) is 11.3. The van der Waals surface area contributed by atoms with Gasteiger partial charge in [-0.2, -0.15) is 0 Å². The van der Waals surface area contributed by atoms with Gasteiger partial charge in [-0.05, 0) is 12.1 Å². The van der Waals surface area contributed by atoms with Crippen molar-refractivity contribution in [2.45, 2.75) is 6.92 Å². The molecule has 6 nitrogen and oxygen atoms in total. The zero-order valence-electron chi connectivity index (χ0n) is 8.22. The Balaban J connectivity index is 3.13. The molecule has 6 heteroatoms. The van der Waals surface area contributed by atoms with E-state index in [1.807, 2.05) is 0 Å². The Morgan fingerprint density at radius 1 is 1.33 bits per heavy atom. The Hall–Kier alpha value is -2.11. The SMILES string of the molecule is COc1cccc(ON=O)c1OC(C)=O. The van der Waals surface area contributed by atoms with Crippen LogP contribution in [0.2, 0.25) is 0 Å². The van der Waals surface area contributed by atoms with Gasteiger partial charge >= 0.3 is 5.97 Å². The molecule has 0 atom stereocenters. The lowest BCUT2D eigenvalue weighted by atomic mass is 10.3. The van der Waals surface area contributed by atoms with E-state index >= 15 is 0 Å². The molecule has 0 fully saturated rings. The second kappa shape index (κ2) is 4.94. The van der Waals surface area contributed by atoms with Crippen molar-refractivity contribution in [1.82, 2.24) is 0 Å². The molecule has 0 saturated heterocycles. The first kappa shape index (κ1) is 11.0. The van der Waals surface area contributed by atoms with E-state index in [2.05, 4.69) is 10.2 Å². The molecule has 0 bridgehead atoms. The third-order valence-electron chi connectivity index (χ3n) is 1.54. The van der Waals surface area contributed by atoms with Crippen LogP contribution in [0.4, 0.5) is 0 Å². The minimum atomic E-state index is -0.546. The smallest absolute Gasteiger partial charge is 0.308 e. The molecule has 0 aliphatic rings.